The lowest BCUT2D eigenvalue weighted by Gasteiger charge is -2.31. The quantitative estimate of drug-likeness (QED) is 0.874. The van der Waals surface area contributed by atoms with Crippen LogP contribution in [0.2, 0.25) is 0 Å². The van der Waals surface area contributed by atoms with Gasteiger partial charge in [0.1, 0.15) is 5.82 Å². The highest BCUT2D eigenvalue weighted by atomic mass is 35.5. The number of hydrogen-bond acceptors (Lipinski definition) is 4. The Morgan fingerprint density at radius 3 is 2.65 bits per heavy atom. The number of halogens is 1. The number of hydrazine groups is 1. The van der Waals surface area contributed by atoms with Gasteiger partial charge in [-0.05, 0) is 24.5 Å². The summed E-state index contributed by atoms with van der Waals surface area (Å²) in [5, 5.41) is 5.56. The number of urea groups is 1. The normalized spacial score (nSPS) is 16.5. The van der Waals surface area contributed by atoms with E-state index in [1.807, 2.05) is 13.8 Å². The molecule has 0 bridgehead atoms. The topological polar surface area (TPSA) is 91.6 Å². The third-order valence-electron chi connectivity index (χ3n) is 3.96. The molecule has 128 valence electrons. The van der Waals surface area contributed by atoms with Crippen LogP contribution in [-0.2, 0) is 4.79 Å². The molecule has 2 atom stereocenters. The fraction of sp³-hybridized carbons (Fsp3) is 0.533. The van der Waals surface area contributed by atoms with Crippen molar-refractivity contribution in [1.29, 1.82) is 0 Å². The molecule has 7 nitrogen and oxygen atoms in total. The third-order valence-corrected chi connectivity index (χ3v) is 3.96. The average molecular weight is 342 g/mol. The maximum Gasteiger partial charge on any atom is 0.341 e. The molecule has 0 radical (unpaired) electrons. The fourth-order valence-electron chi connectivity index (χ4n) is 2.33. The van der Waals surface area contributed by atoms with Gasteiger partial charge < -0.3 is 5.73 Å². The first kappa shape index (κ1) is 19.2. The molecule has 2 heterocycles. The minimum absolute atomic E-state index is 0. The van der Waals surface area contributed by atoms with E-state index >= 15 is 0 Å². The Morgan fingerprint density at radius 1 is 1.35 bits per heavy atom. The summed E-state index contributed by atoms with van der Waals surface area (Å²) < 4.78 is 0. The van der Waals surface area contributed by atoms with Gasteiger partial charge in [0.15, 0.2) is 0 Å². The number of rotatable bonds is 4. The van der Waals surface area contributed by atoms with E-state index in [2.05, 4.69) is 10.3 Å². The lowest BCUT2D eigenvalue weighted by Crippen LogP contribution is -2.53. The standard InChI is InChI=1S/C15H23N5O2.ClH/c1-3-11(2)13(16)14(21)19-9-6-10-20(19)15(22)18-12-7-4-5-8-17-12;/h4-5,7-8,11,13H,3,6,9-10,16H2,1-2H3,(H,17,18,22);1H. The van der Waals surface area contributed by atoms with Crippen LogP contribution in [0, 0.1) is 5.92 Å². The van der Waals surface area contributed by atoms with Crippen molar-refractivity contribution >= 4 is 30.2 Å². The number of hydrogen-bond donors (Lipinski definition) is 2. The monoisotopic (exact) mass is 341 g/mol. The van der Waals surface area contributed by atoms with Gasteiger partial charge in [0.25, 0.3) is 5.91 Å². The summed E-state index contributed by atoms with van der Waals surface area (Å²) in [7, 11) is 0. The zero-order valence-electron chi connectivity index (χ0n) is 13.4. The second kappa shape index (κ2) is 8.69. The van der Waals surface area contributed by atoms with Gasteiger partial charge in [-0.2, -0.15) is 0 Å². The van der Waals surface area contributed by atoms with Crippen LogP contribution in [0.3, 0.4) is 0 Å². The first-order chi connectivity index (χ1) is 10.5. The minimum Gasteiger partial charge on any atom is -0.320 e. The molecule has 0 saturated carbocycles. The zero-order chi connectivity index (χ0) is 16.1. The molecule has 1 aromatic heterocycles. The van der Waals surface area contributed by atoms with Crippen LogP contribution in [-0.4, -0.2) is 46.1 Å². The summed E-state index contributed by atoms with van der Waals surface area (Å²) in [6.07, 6.45) is 3.16. The summed E-state index contributed by atoms with van der Waals surface area (Å²) >= 11 is 0. The van der Waals surface area contributed by atoms with Crippen molar-refractivity contribution < 1.29 is 9.59 Å². The van der Waals surface area contributed by atoms with E-state index in [-0.39, 0.29) is 30.3 Å². The zero-order valence-corrected chi connectivity index (χ0v) is 14.3. The number of carbonyl (C=O) groups is 2. The van der Waals surface area contributed by atoms with E-state index in [0.29, 0.717) is 18.9 Å². The Labute approximate surface area is 142 Å². The van der Waals surface area contributed by atoms with Crippen LogP contribution in [0.15, 0.2) is 24.4 Å². The van der Waals surface area contributed by atoms with Gasteiger partial charge >= 0.3 is 6.03 Å². The molecule has 0 spiro atoms. The number of nitrogens with zero attached hydrogens (tertiary/aromatic N) is 3. The second-order valence-electron chi connectivity index (χ2n) is 5.49. The highest BCUT2D eigenvalue weighted by molar-refractivity contribution is 5.91. The number of aromatic nitrogens is 1. The van der Waals surface area contributed by atoms with Crippen molar-refractivity contribution in [3.8, 4) is 0 Å². The van der Waals surface area contributed by atoms with Gasteiger partial charge in [0.2, 0.25) is 0 Å². The first-order valence-corrected chi connectivity index (χ1v) is 7.61. The Morgan fingerprint density at radius 2 is 2.04 bits per heavy atom. The second-order valence-corrected chi connectivity index (χ2v) is 5.49. The number of pyridine rings is 1. The van der Waals surface area contributed by atoms with Gasteiger partial charge in [0.05, 0.1) is 6.04 Å². The average Bonchev–Trinajstić information content (AvgIpc) is 3.03. The summed E-state index contributed by atoms with van der Waals surface area (Å²) in [6, 6.07) is 4.31. The molecule has 1 saturated heterocycles. The molecule has 0 aliphatic carbocycles. The third kappa shape index (κ3) is 4.56. The predicted molar refractivity (Wildman–Crippen MR) is 91.0 cm³/mol. The Bertz CT molecular complexity index is 528. The molecule has 1 aliphatic heterocycles. The van der Waals surface area contributed by atoms with Crippen LogP contribution >= 0.6 is 12.4 Å². The number of nitrogens with one attached hydrogen (secondary N) is 1. The minimum atomic E-state index is -0.590. The van der Waals surface area contributed by atoms with Crippen molar-refractivity contribution in [2.75, 3.05) is 18.4 Å². The summed E-state index contributed by atoms with van der Waals surface area (Å²) in [4.78, 5) is 28.9. The summed E-state index contributed by atoms with van der Waals surface area (Å²) in [6.45, 7) is 4.94. The Kier molecular flexibility index (Phi) is 7.25. The lowest BCUT2D eigenvalue weighted by molar-refractivity contribution is -0.142. The molecule has 3 N–H and O–H groups in total. The van der Waals surface area contributed by atoms with Crippen molar-refractivity contribution in [1.82, 2.24) is 15.0 Å². The molecule has 1 aromatic rings. The number of amides is 3. The molecular formula is C15H24ClN5O2. The van der Waals surface area contributed by atoms with Gasteiger partial charge in [0, 0.05) is 19.3 Å². The number of anilines is 1. The van der Waals surface area contributed by atoms with Gasteiger partial charge in [-0.1, -0.05) is 26.3 Å². The van der Waals surface area contributed by atoms with E-state index in [9.17, 15) is 9.59 Å². The lowest BCUT2D eigenvalue weighted by atomic mass is 9.99. The van der Waals surface area contributed by atoms with Gasteiger partial charge in [-0.25, -0.2) is 19.8 Å². The summed E-state index contributed by atoms with van der Waals surface area (Å²) in [5.74, 6) is 0.329. The van der Waals surface area contributed by atoms with Gasteiger partial charge in [-0.3, -0.25) is 10.1 Å². The van der Waals surface area contributed by atoms with E-state index < -0.39 is 6.04 Å². The molecule has 1 aliphatic rings. The highest BCUT2D eigenvalue weighted by Crippen LogP contribution is 2.17. The van der Waals surface area contributed by atoms with Crippen LogP contribution < -0.4 is 11.1 Å². The van der Waals surface area contributed by atoms with Crippen molar-refractivity contribution in [3.05, 3.63) is 24.4 Å². The molecule has 2 unspecified atom stereocenters. The van der Waals surface area contributed by atoms with Crippen molar-refractivity contribution in [3.63, 3.8) is 0 Å². The molecule has 0 aromatic carbocycles. The summed E-state index contributed by atoms with van der Waals surface area (Å²) in [5.41, 5.74) is 6.00. The maximum atomic E-state index is 12.5. The van der Waals surface area contributed by atoms with E-state index in [0.717, 1.165) is 12.8 Å². The highest BCUT2D eigenvalue weighted by Gasteiger charge is 2.34. The van der Waals surface area contributed by atoms with Crippen molar-refractivity contribution in [2.24, 2.45) is 11.7 Å². The largest absolute Gasteiger partial charge is 0.341 e. The molecule has 2 rings (SSSR count). The van der Waals surface area contributed by atoms with Crippen LogP contribution in [0.5, 0.6) is 0 Å². The van der Waals surface area contributed by atoms with Crippen LogP contribution in [0.1, 0.15) is 26.7 Å². The van der Waals surface area contributed by atoms with Crippen LogP contribution in [0.25, 0.3) is 0 Å². The first-order valence-electron chi connectivity index (χ1n) is 7.61. The Hall–Kier alpha value is -1.86. The fourth-order valence-corrected chi connectivity index (χ4v) is 2.33. The van der Waals surface area contributed by atoms with E-state index in [1.54, 1.807) is 24.4 Å². The molecular weight excluding hydrogens is 318 g/mol. The molecule has 23 heavy (non-hydrogen) atoms. The number of nitrogens with two attached hydrogens (primary N) is 1. The van der Waals surface area contributed by atoms with Crippen molar-refractivity contribution in [2.45, 2.75) is 32.7 Å². The van der Waals surface area contributed by atoms with Crippen LogP contribution in [0.4, 0.5) is 10.6 Å². The van der Waals surface area contributed by atoms with E-state index in [1.165, 1.54) is 10.0 Å². The van der Waals surface area contributed by atoms with Gasteiger partial charge in [-0.15, -0.1) is 12.4 Å². The SMILES string of the molecule is CCC(C)C(N)C(=O)N1CCCN1C(=O)Nc1ccccn1.Cl. The maximum absolute atomic E-state index is 12.5. The predicted octanol–water partition coefficient (Wildman–Crippen LogP) is 1.86. The molecule has 1 fully saturated rings. The Balaban J connectivity index is 0.00000264. The molecule has 3 amide bonds. The molecule has 8 heteroatoms. The number of carbonyl (C=O) groups excluding carboxylic acids is 2. The van der Waals surface area contributed by atoms with E-state index in [4.69, 9.17) is 5.73 Å². The smallest absolute Gasteiger partial charge is 0.320 e.